The minimum Gasteiger partial charge on any atom is -0.336 e. The SMILES string of the molecule is O=C(c1ccc2nnc(Cl)n2c1)N1CCN2C[C@@H](c3ccc(F)c(Cl)c3)CC[C@@H]2C1. The molecule has 1 amide bonds. The third-order valence-electron chi connectivity index (χ3n) is 6.22. The zero-order chi connectivity index (χ0) is 20.8. The Labute approximate surface area is 183 Å². The fraction of sp³-hybridized carbons (Fsp3) is 0.381. The molecule has 0 saturated carbocycles. The third-order valence-corrected chi connectivity index (χ3v) is 6.77. The number of piperazine rings is 1. The quantitative estimate of drug-likeness (QED) is 0.597. The van der Waals surface area contributed by atoms with Gasteiger partial charge in [0.15, 0.2) is 5.65 Å². The van der Waals surface area contributed by atoms with Crippen molar-refractivity contribution in [2.24, 2.45) is 0 Å². The number of aromatic nitrogens is 3. The lowest BCUT2D eigenvalue weighted by atomic mass is 9.86. The van der Waals surface area contributed by atoms with Gasteiger partial charge in [0.1, 0.15) is 5.82 Å². The van der Waals surface area contributed by atoms with E-state index in [-0.39, 0.29) is 22.0 Å². The molecule has 3 aromatic rings. The van der Waals surface area contributed by atoms with E-state index in [2.05, 4.69) is 15.1 Å². The van der Waals surface area contributed by atoms with Gasteiger partial charge in [-0.05, 0) is 60.2 Å². The molecule has 2 aliphatic rings. The average Bonchev–Trinajstić information content (AvgIpc) is 3.14. The van der Waals surface area contributed by atoms with Crippen LogP contribution < -0.4 is 0 Å². The Kier molecular flexibility index (Phi) is 5.13. The molecule has 2 aromatic heterocycles. The minimum atomic E-state index is -0.382. The number of hydrogen-bond acceptors (Lipinski definition) is 4. The van der Waals surface area contributed by atoms with Gasteiger partial charge in [-0.1, -0.05) is 17.7 Å². The fourth-order valence-corrected chi connectivity index (χ4v) is 4.93. The van der Waals surface area contributed by atoms with Crippen molar-refractivity contribution < 1.29 is 9.18 Å². The number of carbonyl (C=O) groups excluding carboxylic acids is 1. The summed E-state index contributed by atoms with van der Waals surface area (Å²) >= 11 is 12.0. The number of benzene rings is 1. The van der Waals surface area contributed by atoms with Crippen LogP contribution in [-0.2, 0) is 0 Å². The Balaban J connectivity index is 1.27. The molecule has 4 heterocycles. The Morgan fingerprint density at radius 3 is 2.77 bits per heavy atom. The lowest BCUT2D eigenvalue weighted by Crippen LogP contribution is -2.57. The highest BCUT2D eigenvalue weighted by atomic mass is 35.5. The normalized spacial score (nSPS) is 22.3. The van der Waals surface area contributed by atoms with Crippen LogP contribution in [0.1, 0.15) is 34.7 Å². The number of nitrogens with zero attached hydrogens (tertiary/aromatic N) is 5. The van der Waals surface area contributed by atoms with Gasteiger partial charge in [-0.15, -0.1) is 10.2 Å². The highest BCUT2D eigenvalue weighted by Gasteiger charge is 2.35. The molecule has 5 rings (SSSR count). The first-order chi connectivity index (χ1) is 14.5. The van der Waals surface area contributed by atoms with Gasteiger partial charge in [0.05, 0.1) is 10.6 Å². The van der Waals surface area contributed by atoms with Crippen molar-refractivity contribution in [3.63, 3.8) is 0 Å². The van der Waals surface area contributed by atoms with Crippen molar-refractivity contribution in [1.82, 2.24) is 24.4 Å². The van der Waals surface area contributed by atoms with E-state index in [0.717, 1.165) is 31.5 Å². The van der Waals surface area contributed by atoms with E-state index in [0.29, 0.717) is 36.3 Å². The monoisotopic (exact) mass is 447 g/mol. The molecule has 0 radical (unpaired) electrons. The van der Waals surface area contributed by atoms with Gasteiger partial charge in [-0.3, -0.25) is 14.1 Å². The molecule has 2 aliphatic heterocycles. The molecule has 2 atom stereocenters. The van der Waals surface area contributed by atoms with Crippen LogP contribution in [0, 0.1) is 5.82 Å². The molecular formula is C21H20Cl2FN5O. The maximum Gasteiger partial charge on any atom is 0.255 e. The van der Waals surface area contributed by atoms with E-state index in [9.17, 15) is 9.18 Å². The van der Waals surface area contributed by atoms with Gasteiger partial charge in [0.2, 0.25) is 5.28 Å². The first kappa shape index (κ1) is 19.7. The van der Waals surface area contributed by atoms with Crippen molar-refractivity contribution in [2.45, 2.75) is 24.8 Å². The molecule has 9 heteroatoms. The number of piperidine rings is 1. The van der Waals surface area contributed by atoms with Crippen LogP contribution >= 0.6 is 23.2 Å². The Hall–Kier alpha value is -2.22. The smallest absolute Gasteiger partial charge is 0.255 e. The summed E-state index contributed by atoms with van der Waals surface area (Å²) in [6.45, 7) is 3.08. The summed E-state index contributed by atoms with van der Waals surface area (Å²) in [6, 6.07) is 8.87. The Morgan fingerprint density at radius 2 is 1.93 bits per heavy atom. The van der Waals surface area contributed by atoms with E-state index in [1.54, 1.807) is 28.8 Å². The maximum atomic E-state index is 13.5. The number of carbonyl (C=O) groups is 1. The van der Waals surface area contributed by atoms with Gasteiger partial charge < -0.3 is 4.90 Å². The van der Waals surface area contributed by atoms with Crippen molar-refractivity contribution in [1.29, 1.82) is 0 Å². The molecule has 30 heavy (non-hydrogen) atoms. The molecule has 0 unspecified atom stereocenters. The number of fused-ring (bicyclic) bond motifs is 2. The summed E-state index contributed by atoms with van der Waals surface area (Å²) in [5.41, 5.74) is 2.27. The highest BCUT2D eigenvalue weighted by Crippen LogP contribution is 2.33. The van der Waals surface area contributed by atoms with Gasteiger partial charge in [0, 0.05) is 38.4 Å². The molecular weight excluding hydrogens is 428 g/mol. The van der Waals surface area contributed by atoms with Crippen LogP contribution in [0.25, 0.3) is 5.65 Å². The molecule has 2 fully saturated rings. The molecule has 0 N–H and O–H groups in total. The van der Waals surface area contributed by atoms with E-state index in [4.69, 9.17) is 23.2 Å². The second kappa shape index (κ2) is 7.80. The Morgan fingerprint density at radius 1 is 1.07 bits per heavy atom. The standard InChI is InChI=1S/C21H20Cl2FN5O/c22-17-9-13(2-5-18(17)24)14-1-4-16-12-28(8-7-27(16)10-14)20(30)15-3-6-19-25-26-21(23)29(19)11-15/h2-3,5-6,9,11,14,16H,1,4,7-8,10,12H2/t14-,16+/m0/s1. The lowest BCUT2D eigenvalue weighted by Gasteiger charge is -2.46. The molecule has 0 spiro atoms. The van der Waals surface area contributed by atoms with E-state index in [1.165, 1.54) is 6.07 Å². The molecule has 1 aromatic carbocycles. The van der Waals surface area contributed by atoms with Gasteiger partial charge in [0.25, 0.3) is 5.91 Å². The van der Waals surface area contributed by atoms with Crippen LogP contribution in [-0.4, -0.2) is 62.5 Å². The van der Waals surface area contributed by atoms with Crippen LogP contribution in [0.2, 0.25) is 10.3 Å². The van der Waals surface area contributed by atoms with E-state index in [1.807, 2.05) is 11.0 Å². The molecule has 6 nitrogen and oxygen atoms in total. The van der Waals surface area contributed by atoms with Crippen LogP contribution in [0.3, 0.4) is 0 Å². The molecule has 0 bridgehead atoms. The maximum absolute atomic E-state index is 13.5. The third kappa shape index (κ3) is 3.55. The summed E-state index contributed by atoms with van der Waals surface area (Å²) in [5.74, 6) is -0.0548. The number of hydrogen-bond donors (Lipinski definition) is 0. The fourth-order valence-electron chi connectivity index (χ4n) is 4.57. The average molecular weight is 448 g/mol. The predicted molar refractivity (Wildman–Crippen MR) is 113 cm³/mol. The van der Waals surface area contributed by atoms with Gasteiger partial charge >= 0.3 is 0 Å². The van der Waals surface area contributed by atoms with E-state index < -0.39 is 0 Å². The summed E-state index contributed by atoms with van der Waals surface area (Å²) in [4.78, 5) is 17.4. The first-order valence-electron chi connectivity index (χ1n) is 9.98. The lowest BCUT2D eigenvalue weighted by molar-refractivity contribution is 0.0329. The van der Waals surface area contributed by atoms with Crippen molar-refractivity contribution in [2.75, 3.05) is 26.2 Å². The summed E-state index contributed by atoms with van der Waals surface area (Å²) in [6.07, 6.45) is 3.68. The van der Waals surface area contributed by atoms with E-state index >= 15 is 0 Å². The molecule has 0 aliphatic carbocycles. The number of rotatable bonds is 2. The first-order valence-corrected chi connectivity index (χ1v) is 10.7. The number of pyridine rings is 1. The highest BCUT2D eigenvalue weighted by molar-refractivity contribution is 6.30. The predicted octanol–water partition coefficient (Wildman–Crippen LogP) is 3.88. The van der Waals surface area contributed by atoms with Crippen LogP contribution in [0.15, 0.2) is 36.5 Å². The van der Waals surface area contributed by atoms with Gasteiger partial charge in [-0.25, -0.2) is 4.39 Å². The summed E-state index contributed by atoms with van der Waals surface area (Å²) < 4.78 is 15.1. The molecule has 156 valence electrons. The number of halogens is 3. The Bertz CT molecular complexity index is 1120. The molecule has 2 saturated heterocycles. The van der Waals surface area contributed by atoms with Gasteiger partial charge in [-0.2, -0.15) is 0 Å². The largest absolute Gasteiger partial charge is 0.336 e. The van der Waals surface area contributed by atoms with Crippen molar-refractivity contribution in [3.8, 4) is 0 Å². The topological polar surface area (TPSA) is 53.7 Å². The van der Waals surface area contributed by atoms with Crippen LogP contribution in [0.5, 0.6) is 0 Å². The second-order valence-corrected chi connectivity index (χ2v) is 8.71. The zero-order valence-electron chi connectivity index (χ0n) is 16.1. The van der Waals surface area contributed by atoms with Crippen molar-refractivity contribution >= 4 is 34.8 Å². The van der Waals surface area contributed by atoms with Crippen molar-refractivity contribution in [3.05, 3.63) is 63.8 Å². The van der Waals surface area contributed by atoms with Crippen LogP contribution in [0.4, 0.5) is 4.39 Å². The second-order valence-electron chi connectivity index (χ2n) is 7.96. The zero-order valence-corrected chi connectivity index (χ0v) is 17.7. The minimum absolute atomic E-state index is 0.00578. The summed E-state index contributed by atoms with van der Waals surface area (Å²) in [5, 5.41) is 8.19. The summed E-state index contributed by atoms with van der Waals surface area (Å²) in [7, 11) is 0. The number of amides is 1.